The molecular weight excluding hydrogens is 224 g/mol. The van der Waals surface area contributed by atoms with Gasteiger partial charge in [-0.1, -0.05) is 13.0 Å². The van der Waals surface area contributed by atoms with E-state index in [4.69, 9.17) is 0 Å². The Hall–Kier alpha value is -1.06. The van der Waals surface area contributed by atoms with Gasteiger partial charge in [-0.2, -0.15) is 0 Å². The monoisotopic (exact) mass is 248 g/mol. The van der Waals surface area contributed by atoms with Crippen molar-refractivity contribution >= 4 is 5.69 Å². The van der Waals surface area contributed by atoms with Crippen LogP contribution in [0.1, 0.15) is 30.9 Å². The zero-order chi connectivity index (χ0) is 13.0. The van der Waals surface area contributed by atoms with E-state index in [1.807, 2.05) is 0 Å². The minimum atomic E-state index is -0.102. The van der Waals surface area contributed by atoms with Crippen molar-refractivity contribution in [2.75, 3.05) is 24.5 Å². The van der Waals surface area contributed by atoms with E-state index in [9.17, 15) is 5.11 Å². The Kier molecular flexibility index (Phi) is 4.61. The number of hydrogen-bond donors (Lipinski definition) is 2. The van der Waals surface area contributed by atoms with E-state index >= 15 is 0 Å². The molecule has 1 aromatic rings. The van der Waals surface area contributed by atoms with Crippen LogP contribution in [0.4, 0.5) is 5.69 Å². The molecule has 0 radical (unpaired) electrons. The first-order valence-electron chi connectivity index (χ1n) is 6.94. The molecule has 1 aromatic carbocycles. The van der Waals surface area contributed by atoms with Crippen LogP contribution in [0.15, 0.2) is 18.2 Å². The molecule has 0 unspecified atom stereocenters. The Bertz CT molecular complexity index is 384. The molecule has 100 valence electrons. The summed E-state index contributed by atoms with van der Waals surface area (Å²) in [6, 6.07) is 6.69. The second-order valence-electron chi connectivity index (χ2n) is 5.11. The third-order valence-electron chi connectivity index (χ3n) is 3.72. The van der Waals surface area contributed by atoms with Crippen LogP contribution in [0.2, 0.25) is 0 Å². The zero-order valence-electron chi connectivity index (χ0n) is 11.4. The van der Waals surface area contributed by atoms with Gasteiger partial charge in [-0.3, -0.25) is 0 Å². The van der Waals surface area contributed by atoms with Crippen molar-refractivity contribution in [2.24, 2.45) is 0 Å². The highest BCUT2D eigenvalue weighted by Gasteiger charge is 2.17. The highest BCUT2D eigenvalue weighted by atomic mass is 16.3. The van der Waals surface area contributed by atoms with Gasteiger partial charge in [0.15, 0.2) is 0 Å². The van der Waals surface area contributed by atoms with Crippen molar-refractivity contribution in [3.63, 3.8) is 0 Å². The number of anilines is 1. The van der Waals surface area contributed by atoms with Gasteiger partial charge in [0.2, 0.25) is 0 Å². The van der Waals surface area contributed by atoms with Crippen LogP contribution in [0.5, 0.6) is 0 Å². The number of rotatable bonds is 4. The van der Waals surface area contributed by atoms with Gasteiger partial charge >= 0.3 is 0 Å². The average molecular weight is 248 g/mol. The Morgan fingerprint density at radius 2 is 2.06 bits per heavy atom. The average Bonchev–Trinajstić information content (AvgIpc) is 2.38. The Balaban J connectivity index is 2.04. The lowest BCUT2D eigenvalue weighted by Crippen LogP contribution is -2.35. The van der Waals surface area contributed by atoms with Crippen LogP contribution >= 0.6 is 0 Å². The summed E-state index contributed by atoms with van der Waals surface area (Å²) < 4.78 is 0. The normalized spacial score (nSPS) is 17.2. The third kappa shape index (κ3) is 3.24. The molecule has 18 heavy (non-hydrogen) atoms. The summed E-state index contributed by atoms with van der Waals surface area (Å²) in [6.45, 7) is 8.19. The number of aryl methyl sites for hydroxylation is 1. The van der Waals surface area contributed by atoms with Gasteiger partial charge in [-0.25, -0.2) is 0 Å². The van der Waals surface area contributed by atoms with Crippen LogP contribution in [0.3, 0.4) is 0 Å². The van der Waals surface area contributed by atoms with Crippen molar-refractivity contribution in [2.45, 2.75) is 39.3 Å². The fourth-order valence-electron chi connectivity index (χ4n) is 2.46. The summed E-state index contributed by atoms with van der Waals surface area (Å²) in [5.74, 6) is 0. The first kappa shape index (κ1) is 13.4. The Labute approximate surface area is 110 Å². The van der Waals surface area contributed by atoms with Gasteiger partial charge in [0.05, 0.1) is 6.10 Å². The van der Waals surface area contributed by atoms with Gasteiger partial charge < -0.3 is 15.3 Å². The second kappa shape index (κ2) is 6.21. The first-order chi connectivity index (χ1) is 8.70. The maximum absolute atomic E-state index is 9.53. The second-order valence-corrected chi connectivity index (χ2v) is 5.11. The molecule has 0 amide bonds. The number of aliphatic hydroxyl groups is 1. The smallest absolute Gasteiger partial charge is 0.0574 e. The Morgan fingerprint density at radius 3 is 2.67 bits per heavy atom. The lowest BCUT2D eigenvalue weighted by Gasteiger charge is -2.31. The van der Waals surface area contributed by atoms with E-state index < -0.39 is 0 Å². The van der Waals surface area contributed by atoms with Crippen LogP contribution in [0, 0.1) is 6.92 Å². The summed E-state index contributed by atoms with van der Waals surface area (Å²) in [7, 11) is 0. The van der Waals surface area contributed by atoms with Crippen LogP contribution in [0.25, 0.3) is 0 Å². The molecule has 2 rings (SSSR count). The topological polar surface area (TPSA) is 35.5 Å². The van der Waals surface area contributed by atoms with Crippen molar-refractivity contribution in [1.82, 2.24) is 5.32 Å². The molecular formula is C15H24N2O. The van der Waals surface area contributed by atoms with Crippen molar-refractivity contribution in [3.05, 3.63) is 29.3 Å². The minimum Gasteiger partial charge on any atom is -0.393 e. The number of piperidine rings is 1. The molecule has 3 heteroatoms. The summed E-state index contributed by atoms with van der Waals surface area (Å²) >= 11 is 0. The predicted octanol–water partition coefficient (Wildman–Crippen LogP) is 2.07. The fourth-order valence-corrected chi connectivity index (χ4v) is 2.46. The lowest BCUT2D eigenvalue weighted by molar-refractivity contribution is 0.145. The molecule has 1 saturated heterocycles. The zero-order valence-corrected chi connectivity index (χ0v) is 11.4. The van der Waals surface area contributed by atoms with Crippen molar-refractivity contribution in [3.8, 4) is 0 Å². The van der Waals surface area contributed by atoms with Gasteiger partial charge in [0.25, 0.3) is 0 Å². The number of aliphatic hydroxyl groups excluding tert-OH is 1. The molecule has 1 fully saturated rings. The number of nitrogens with one attached hydrogen (secondary N) is 1. The maximum Gasteiger partial charge on any atom is 0.0574 e. The van der Waals surface area contributed by atoms with E-state index in [0.717, 1.165) is 39.0 Å². The maximum atomic E-state index is 9.53. The van der Waals surface area contributed by atoms with E-state index in [-0.39, 0.29) is 6.10 Å². The molecule has 0 spiro atoms. The summed E-state index contributed by atoms with van der Waals surface area (Å²) in [6.07, 6.45) is 1.67. The molecule has 0 aliphatic carbocycles. The first-order valence-corrected chi connectivity index (χ1v) is 6.94. The van der Waals surface area contributed by atoms with Gasteiger partial charge in [-0.15, -0.1) is 0 Å². The Morgan fingerprint density at radius 1 is 1.33 bits per heavy atom. The standard InChI is InChI=1S/C15H24N2O/c1-3-16-11-13-4-5-14(10-12(13)2)17-8-6-15(18)7-9-17/h4-5,10,15-16,18H,3,6-9,11H2,1-2H3. The minimum absolute atomic E-state index is 0.102. The summed E-state index contributed by atoms with van der Waals surface area (Å²) in [5, 5.41) is 12.9. The van der Waals surface area contributed by atoms with E-state index in [0.29, 0.717) is 0 Å². The quantitative estimate of drug-likeness (QED) is 0.856. The largest absolute Gasteiger partial charge is 0.393 e. The molecule has 0 aromatic heterocycles. The highest BCUT2D eigenvalue weighted by Crippen LogP contribution is 2.22. The lowest BCUT2D eigenvalue weighted by atomic mass is 10.0. The van der Waals surface area contributed by atoms with Crippen molar-refractivity contribution < 1.29 is 5.11 Å². The molecule has 0 atom stereocenters. The van der Waals surface area contributed by atoms with Crippen LogP contribution in [-0.2, 0) is 6.54 Å². The highest BCUT2D eigenvalue weighted by molar-refractivity contribution is 5.51. The molecule has 3 nitrogen and oxygen atoms in total. The van der Waals surface area contributed by atoms with Gasteiger partial charge in [0, 0.05) is 25.3 Å². The molecule has 1 aliphatic heterocycles. The molecule has 1 aliphatic rings. The number of benzene rings is 1. The van der Waals surface area contributed by atoms with Crippen LogP contribution < -0.4 is 10.2 Å². The number of nitrogens with zero attached hydrogens (tertiary/aromatic N) is 1. The number of hydrogen-bond acceptors (Lipinski definition) is 3. The van der Waals surface area contributed by atoms with E-state index in [2.05, 4.69) is 42.3 Å². The molecule has 2 N–H and O–H groups in total. The predicted molar refractivity (Wildman–Crippen MR) is 76.0 cm³/mol. The third-order valence-corrected chi connectivity index (χ3v) is 3.72. The van der Waals surface area contributed by atoms with Gasteiger partial charge in [-0.05, 0) is 49.6 Å². The van der Waals surface area contributed by atoms with Crippen LogP contribution in [-0.4, -0.2) is 30.8 Å². The van der Waals surface area contributed by atoms with E-state index in [1.165, 1.54) is 16.8 Å². The SMILES string of the molecule is CCNCc1ccc(N2CCC(O)CC2)cc1C. The summed E-state index contributed by atoms with van der Waals surface area (Å²) in [4.78, 5) is 2.37. The summed E-state index contributed by atoms with van der Waals surface area (Å²) in [5.41, 5.74) is 4.01. The van der Waals surface area contributed by atoms with E-state index in [1.54, 1.807) is 0 Å². The van der Waals surface area contributed by atoms with Crippen molar-refractivity contribution in [1.29, 1.82) is 0 Å². The molecule has 0 bridgehead atoms. The fraction of sp³-hybridized carbons (Fsp3) is 0.600. The van der Waals surface area contributed by atoms with Gasteiger partial charge in [0.1, 0.15) is 0 Å². The molecule has 1 heterocycles. The molecule has 0 saturated carbocycles.